The van der Waals surface area contributed by atoms with E-state index in [-0.39, 0.29) is 0 Å². The minimum absolute atomic E-state index is 0.696. The summed E-state index contributed by atoms with van der Waals surface area (Å²) in [5, 5.41) is 0. The van der Waals surface area contributed by atoms with Crippen LogP contribution in [0.1, 0.15) is 43.5 Å². The molecular formula is C10H17N3. The van der Waals surface area contributed by atoms with Gasteiger partial charge in [0.25, 0.3) is 0 Å². The second kappa shape index (κ2) is 3.05. The van der Waals surface area contributed by atoms with Crippen LogP contribution in [0.2, 0.25) is 0 Å². The van der Waals surface area contributed by atoms with E-state index in [9.17, 15) is 0 Å². The summed E-state index contributed by atoms with van der Waals surface area (Å²) >= 11 is 0. The molecule has 3 heteroatoms. The van der Waals surface area contributed by atoms with E-state index < -0.39 is 0 Å². The summed E-state index contributed by atoms with van der Waals surface area (Å²) in [5.74, 6) is 1.44. The van der Waals surface area contributed by atoms with Crippen molar-refractivity contribution >= 4 is 5.95 Å². The number of aromatic nitrogens is 2. The van der Waals surface area contributed by atoms with E-state index in [0.29, 0.717) is 5.95 Å². The van der Waals surface area contributed by atoms with Crippen molar-refractivity contribution in [3.8, 4) is 0 Å². The van der Waals surface area contributed by atoms with Crippen molar-refractivity contribution in [2.24, 2.45) is 0 Å². The van der Waals surface area contributed by atoms with Gasteiger partial charge in [0.2, 0.25) is 5.95 Å². The number of imidazole rings is 1. The molecule has 0 spiro atoms. The average molecular weight is 179 g/mol. The number of rotatable bonds is 3. The van der Waals surface area contributed by atoms with Crippen molar-refractivity contribution in [3.05, 3.63) is 11.4 Å². The zero-order chi connectivity index (χ0) is 9.42. The van der Waals surface area contributed by atoms with E-state index in [0.717, 1.165) is 24.6 Å². The Balaban J connectivity index is 2.37. The van der Waals surface area contributed by atoms with Gasteiger partial charge >= 0.3 is 0 Å². The maximum atomic E-state index is 5.85. The lowest BCUT2D eigenvalue weighted by molar-refractivity contribution is 0.654. The van der Waals surface area contributed by atoms with E-state index in [1.54, 1.807) is 0 Å². The van der Waals surface area contributed by atoms with Gasteiger partial charge in [-0.05, 0) is 26.2 Å². The maximum Gasteiger partial charge on any atom is 0.200 e. The number of nitrogen functional groups attached to an aromatic ring is 1. The monoisotopic (exact) mass is 179 g/mol. The Morgan fingerprint density at radius 1 is 1.54 bits per heavy atom. The zero-order valence-electron chi connectivity index (χ0n) is 8.38. The highest BCUT2D eigenvalue weighted by molar-refractivity contribution is 5.33. The number of anilines is 1. The molecule has 0 saturated heterocycles. The van der Waals surface area contributed by atoms with Gasteiger partial charge in [-0.15, -0.1) is 0 Å². The first-order chi connectivity index (χ1) is 6.24. The van der Waals surface area contributed by atoms with E-state index in [2.05, 4.69) is 23.4 Å². The SMILES string of the molecule is CCCn1c(N)nc(C)c1C1CC1. The van der Waals surface area contributed by atoms with Crippen LogP contribution in [-0.4, -0.2) is 9.55 Å². The molecule has 3 nitrogen and oxygen atoms in total. The second-order valence-corrected chi connectivity index (χ2v) is 3.87. The molecule has 1 fully saturated rings. The lowest BCUT2D eigenvalue weighted by atomic mass is 10.2. The smallest absolute Gasteiger partial charge is 0.200 e. The molecular weight excluding hydrogens is 162 g/mol. The van der Waals surface area contributed by atoms with Crippen LogP contribution in [0, 0.1) is 6.92 Å². The molecule has 2 N–H and O–H groups in total. The summed E-state index contributed by atoms with van der Waals surface area (Å²) in [7, 11) is 0. The van der Waals surface area contributed by atoms with E-state index in [1.807, 2.05) is 0 Å². The number of nitrogens with zero attached hydrogens (tertiary/aromatic N) is 2. The fraction of sp³-hybridized carbons (Fsp3) is 0.700. The van der Waals surface area contributed by atoms with Crippen molar-refractivity contribution in [2.75, 3.05) is 5.73 Å². The third-order valence-electron chi connectivity index (χ3n) is 2.63. The van der Waals surface area contributed by atoms with Crippen LogP contribution in [0.25, 0.3) is 0 Å². The largest absolute Gasteiger partial charge is 0.369 e. The van der Waals surface area contributed by atoms with Crippen LogP contribution in [0.3, 0.4) is 0 Å². The fourth-order valence-corrected chi connectivity index (χ4v) is 1.94. The summed E-state index contributed by atoms with van der Waals surface area (Å²) in [6, 6.07) is 0. The first-order valence-electron chi connectivity index (χ1n) is 5.06. The molecule has 13 heavy (non-hydrogen) atoms. The summed E-state index contributed by atoms with van der Waals surface area (Å²) in [6.07, 6.45) is 3.76. The molecule has 2 rings (SSSR count). The molecule has 0 atom stereocenters. The van der Waals surface area contributed by atoms with Gasteiger partial charge in [0.15, 0.2) is 0 Å². The fourth-order valence-electron chi connectivity index (χ4n) is 1.94. The number of hydrogen-bond acceptors (Lipinski definition) is 2. The van der Waals surface area contributed by atoms with Crippen molar-refractivity contribution in [2.45, 2.75) is 45.6 Å². The van der Waals surface area contributed by atoms with Gasteiger partial charge in [-0.3, -0.25) is 0 Å². The molecule has 72 valence electrons. The quantitative estimate of drug-likeness (QED) is 0.771. The third-order valence-corrected chi connectivity index (χ3v) is 2.63. The van der Waals surface area contributed by atoms with Crippen molar-refractivity contribution in [3.63, 3.8) is 0 Å². The molecule has 0 bridgehead atoms. The Bertz CT molecular complexity index is 310. The predicted octanol–water partition coefficient (Wildman–Crippen LogP) is 2.06. The highest BCUT2D eigenvalue weighted by Gasteiger charge is 2.29. The predicted molar refractivity (Wildman–Crippen MR) is 53.6 cm³/mol. The van der Waals surface area contributed by atoms with Gasteiger partial charge < -0.3 is 10.3 Å². The van der Waals surface area contributed by atoms with Crippen LogP contribution in [0.15, 0.2) is 0 Å². The Morgan fingerprint density at radius 3 is 2.77 bits per heavy atom. The van der Waals surface area contributed by atoms with Gasteiger partial charge in [-0.25, -0.2) is 4.98 Å². The molecule has 1 aliphatic carbocycles. The topological polar surface area (TPSA) is 43.8 Å². The Kier molecular flexibility index (Phi) is 2.02. The number of hydrogen-bond donors (Lipinski definition) is 1. The van der Waals surface area contributed by atoms with Crippen LogP contribution in [0.4, 0.5) is 5.95 Å². The second-order valence-electron chi connectivity index (χ2n) is 3.87. The highest BCUT2D eigenvalue weighted by atomic mass is 15.2. The van der Waals surface area contributed by atoms with E-state index in [4.69, 9.17) is 5.73 Å². The van der Waals surface area contributed by atoms with Gasteiger partial charge in [0.1, 0.15) is 0 Å². The number of aryl methyl sites for hydroxylation is 1. The molecule has 1 saturated carbocycles. The lowest BCUT2D eigenvalue weighted by Crippen LogP contribution is -2.06. The van der Waals surface area contributed by atoms with E-state index in [1.165, 1.54) is 18.5 Å². The van der Waals surface area contributed by atoms with Crippen LogP contribution in [0.5, 0.6) is 0 Å². The van der Waals surface area contributed by atoms with Gasteiger partial charge in [-0.1, -0.05) is 6.92 Å². The molecule has 1 aromatic heterocycles. The Morgan fingerprint density at radius 2 is 2.23 bits per heavy atom. The molecule has 0 aliphatic heterocycles. The molecule has 0 unspecified atom stereocenters. The first-order valence-corrected chi connectivity index (χ1v) is 5.06. The van der Waals surface area contributed by atoms with Crippen molar-refractivity contribution in [1.82, 2.24) is 9.55 Å². The number of nitrogens with two attached hydrogens (primary N) is 1. The van der Waals surface area contributed by atoms with Crippen molar-refractivity contribution in [1.29, 1.82) is 0 Å². The Hall–Kier alpha value is -0.990. The lowest BCUT2D eigenvalue weighted by Gasteiger charge is -2.07. The zero-order valence-corrected chi connectivity index (χ0v) is 8.38. The van der Waals surface area contributed by atoms with E-state index >= 15 is 0 Å². The third kappa shape index (κ3) is 1.43. The van der Waals surface area contributed by atoms with Crippen LogP contribution < -0.4 is 5.73 Å². The first kappa shape index (κ1) is 8.60. The van der Waals surface area contributed by atoms with Gasteiger partial charge in [0.05, 0.1) is 5.69 Å². The molecule has 0 amide bonds. The van der Waals surface area contributed by atoms with Crippen LogP contribution >= 0.6 is 0 Å². The normalized spacial score (nSPS) is 16.5. The standard InChI is InChI=1S/C10H17N3/c1-3-6-13-9(8-4-5-8)7(2)12-10(13)11/h8H,3-6H2,1-2H3,(H2,11,12). The minimum atomic E-state index is 0.696. The van der Waals surface area contributed by atoms with Gasteiger partial charge in [-0.2, -0.15) is 0 Å². The van der Waals surface area contributed by atoms with Gasteiger partial charge in [0, 0.05) is 18.2 Å². The maximum absolute atomic E-state index is 5.85. The average Bonchev–Trinajstić information content (AvgIpc) is 2.83. The summed E-state index contributed by atoms with van der Waals surface area (Å²) in [5.41, 5.74) is 8.37. The molecule has 1 heterocycles. The van der Waals surface area contributed by atoms with Crippen LogP contribution in [-0.2, 0) is 6.54 Å². The Labute approximate surface area is 79.0 Å². The highest BCUT2D eigenvalue weighted by Crippen LogP contribution is 2.42. The summed E-state index contributed by atoms with van der Waals surface area (Å²) in [4.78, 5) is 4.33. The summed E-state index contributed by atoms with van der Waals surface area (Å²) in [6.45, 7) is 5.25. The molecule has 1 aliphatic rings. The molecule has 1 aromatic rings. The van der Waals surface area contributed by atoms with Crippen molar-refractivity contribution < 1.29 is 0 Å². The summed E-state index contributed by atoms with van der Waals surface area (Å²) < 4.78 is 2.19. The molecule has 0 aromatic carbocycles. The molecule has 0 radical (unpaired) electrons. The minimum Gasteiger partial charge on any atom is -0.369 e.